The van der Waals surface area contributed by atoms with Gasteiger partial charge in [0.15, 0.2) is 5.96 Å². The number of aliphatic imine (C=N–C) groups is 1. The Morgan fingerprint density at radius 3 is 2.13 bits per heavy atom. The first-order valence-corrected chi connectivity index (χ1v) is 11.4. The monoisotopic (exact) mass is 534 g/mol. The quantitative estimate of drug-likeness (QED) is 0.222. The number of likely N-dealkylation sites (tertiary alicyclic amines) is 1. The fourth-order valence-electron chi connectivity index (χ4n) is 4.33. The van der Waals surface area contributed by atoms with Crippen LogP contribution in [0.15, 0.2) is 4.99 Å². The lowest BCUT2D eigenvalue weighted by atomic mass is 9.85. The molecular formula is C21H39IN6O2. The third kappa shape index (κ3) is 6.70. The molecule has 2 heterocycles. The number of guanidine groups is 1. The molecule has 172 valence electrons. The molecule has 0 aromatic heterocycles. The molecule has 1 unspecified atom stereocenters. The van der Waals surface area contributed by atoms with Crippen LogP contribution >= 0.6 is 24.0 Å². The molecular weight excluding hydrogens is 495 g/mol. The van der Waals surface area contributed by atoms with Gasteiger partial charge in [-0.05, 0) is 39.0 Å². The standard InChI is InChI=1S/C21H38N6O2.HI/c1-17(20(29)26-11-3-4-12-26)25-13-15-27(16-14-25)21(22-2)24-10-6-9-23-19(28)18-7-5-8-18;/h17-18H,3-16H2,1-2H3,(H,22,24)(H,23,28);1H. The highest BCUT2D eigenvalue weighted by Crippen LogP contribution is 2.26. The highest BCUT2D eigenvalue weighted by molar-refractivity contribution is 14.0. The number of nitrogens with one attached hydrogen (secondary N) is 2. The molecule has 1 saturated carbocycles. The van der Waals surface area contributed by atoms with E-state index in [9.17, 15) is 9.59 Å². The van der Waals surface area contributed by atoms with Gasteiger partial charge in [0, 0.05) is 65.3 Å². The summed E-state index contributed by atoms with van der Waals surface area (Å²) in [5.41, 5.74) is 0. The van der Waals surface area contributed by atoms with Crippen molar-refractivity contribution in [2.75, 3.05) is 59.4 Å². The van der Waals surface area contributed by atoms with Crippen LogP contribution in [-0.2, 0) is 9.59 Å². The summed E-state index contributed by atoms with van der Waals surface area (Å²) >= 11 is 0. The zero-order chi connectivity index (χ0) is 20.6. The maximum atomic E-state index is 12.6. The Morgan fingerprint density at radius 1 is 0.933 bits per heavy atom. The van der Waals surface area contributed by atoms with Crippen molar-refractivity contribution >= 4 is 41.8 Å². The number of rotatable bonds is 7. The first kappa shape index (κ1) is 25.2. The van der Waals surface area contributed by atoms with Crippen molar-refractivity contribution in [3.8, 4) is 0 Å². The molecule has 9 heteroatoms. The number of carbonyl (C=O) groups is 2. The smallest absolute Gasteiger partial charge is 0.239 e. The van der Waals surface area contributed by atoms with Gasteiger partial charge in [0.25, 0.3) is 0 Å². The molecule has 2 N–H and O–H groups in total. The summed E-state index contributed by atoms with van der Waals surface area (Å²) in [6, 6.07) is -0.0375. The van der Waals surface area contributed by atoms with Gasteiger partial charge in [-0.3, -0.25) is 19.5 Å². The van der Waals surface area contributed by atoms with Crippen LogP contribution in [0.5, 0.6) is 0 Å². The highest BCUT2D eigenvalue weighted by atomic mass is 127. The van der Waals surface area contributed by atoms with Gasteiger partial charge in [-0.15, -0.1) is 24.0 Å². The lowest BCUT2D eigenvalue weighted by Crippen LogP contribution is -2.57. The van der Waals surface area contributed by atoms with E-state index < -0.39 is 0 Å². The molecule has 0 spiro atoms. The molecule has 0 bridgehead atoms. The number of hydrogen-bond donors (Lipinski definition) is 2. The number of halogens is 1. The van der Waals surface area contributed by atoms with E-state index in [2.05, 4.69) is 25.4 Å². The summed E-state index contributed by atoms with van der Waals surface area (Å²) in [5, 5.41) is 6.45. The van der Waals surface area contributed by atoms with E-state index in [4.69, 9.17) is 0 Å². The van der Waals surface area contributed by atoms with Gasteiger partial charge in [0.2, 0.25) is 11.8 Å². The zero-order valence-electron chi connectivity index (χ0n) is 18.6. The highest BCUT2D eigenvalue weighted by Gasteiger charge is 2.30. The van der Waals surface area contributed by atoms with Crippen LogP contribution in [0.25, 0.3) is 0 Å². The molecule has 3 rings (SSSR count). The maximum absolute atomic E-state index is 12.6. The minimum atomic E-state index is -0.0375. The van der Waals surface area contributed by atoms with E-state index in [1.165, 1.54) is 6.42 Å². The lowest BCUT2D eigenvalue weighted by Gasteiger charge is -2.39. The molecule has 3 aliphatic rings. The molecule has 0 aromatic carbocycles. The molecule has 3 fully saturated rings. The van der Waals surface area contributed by atoms with Crippen molar-refractivity contribution in [1.29, 1.82) is 0 Å². The number of piperazine rings is 1. The van der Waals surface area contributed by atoms with E-state index in [0.717, 1.165) is 83.9 Å². The van der Waals surface area contributed by atoms with E-state index >= 15 is 0 Å². The predicted octanol–water partition coefficient (Wildman–Crippen LogP) is 1.11. The first-order chi connectivity index (χ1) is 14.1. The van der Waals surface area contributed by atoms with Gasteiger partial charge in [-0.1, -0.05) is 6.42 Å². The second kappa shape index (κ2) is 12.7. The van der Waals surface area contributed by atoms with Crippen LogP contribution in [-0.4, -0.2) is 97.9 Å². The van der Waals surface area contributed by atoms with E-state index in [1.54, 1.807) is 0 Å². The normalized spacial score (nSPS) is 21.6. The van der Waals surface area contributed by atoms with Gasteiger partial charge in [-0.2, -0.15) is 0 Å². The van der Waals surface area contributed by atoms with E-state index in [0.29, 0.717) is 6.54 Å². The van der Waals surface area contributed by atoms with Crippen molar-refractivity contribution in [3.05, 3.63) is 0 Å². The summed E-state index contributed by atoms with van der Waals surface area (Å²) in [5.74, 6) is 1.66. The lowest BCUT2D eigenvalue weighted by molar-refractivity contribution is -0.135. The zero-order valence-corrected chi connectivity index (χ0v) is 20.9. The Labute approximate surface area is 198 Å². The van der Waals surface area contributed by atoms with Crippen LogP contribution in [0, 0.1) is 5.92 Å². The number of hydrogen-bond acceptors (Lipinski definition) is 4. The van der Waals surface area contributed by atoms with E-state index in [1.807, 2.05) is 18.9 Å². The van der Waals surface area contributed by atoms with Crippen LogP contribution in [0.3, 0.4) is 0 Å². The average Bonchev–Trinajstić information content (AvgIpc) is 3.23. The molecule has 8 nitrogen and oxygen atoms in total. The largest absolute Gasteiger partial charge is 0.356 e. The third-order valence-electron chi connectivity index (χ3n) is 6.56. The van der Waals surface area contributed by atoms with Gasteiger partial charge >= 0.3 is 0 Å². The second-order valence-electron chi connectivity index (χ2n) is 8.48. The van der Waals surface area contributed by atoms with Gasteiger partial charge < -0.3 is 20.4 Å². The Hall–Kier alpha value is -1.10. The molecule has 1 aliphatic carbocycles. The van der Waals surface area contributed by atoms with Crippen LogP contribution in [0.1, 0.15) is 45.4 Å². The Kier molecular flexibility index (Phi) is 10.6. The summed E-state index contributed by atoms with van der Waals surface area (Å²) in [6.07, 6.45) is 6.44. The summed E-state index contributed by atoms with van der Waals surface area (Å²) in [7, 11) is 1.81. The van der Waals surface area contributed by atoms with Gasteiger partial charge in [-0.25, -0.2) is 0 Å². The van der Waals surface area contributed by atoms with Gasteiger partial charge in [0.1, 0.15) is 0 Å². The van der Waals surface area contributed by atoms with Crippen LogP contribution < -0.4 is 10.6 Å². The van der Waals surface area contributed by atoms with Crippen LogP contribution in [0.2, 0.25) is 0 Å². The number of carbonyl (C=O) groups excluding carboxylic acids is 2. The Morgan fingerprint density at radius 2 is 1.57 bits per heavy atom. The third-order valence-corrected chi connectivity index (χ3v) is 6.56. The van der Waals surface area contributed by atoms with E-state index in [-0.39, 0.29) is 47.8 Å². The number of nitrogens with zero attached hydrogens (tertiary/aromatic N) is 4. The first-order valence-electron chi connectivity index (χ1n) is 11.4. The van der Waals surface area contributed by atoms with Crippen molar-refractivity contribution in [3.63, 3.8) is 0 Å². The minimum Gasteiger partial charge on any atom is -0.356 e. The fourth-order valence-corrected chi connectivity index (χ4v) is 4.33. The minimum absolute atomic E-state index is 0. The molecule has 2 saturated heterocycles. The van der Waals surface area contributed by atoms with Crippen molar-refractivity contribution in [2.24, 2.45) is 10.9 Å². The molecule has 0 aromatic rings. The SMILES string of the molecule is CN=C(NCCCNC(=O)C1CCC1)N1CCN(C(C)C(=O)N2CCCC2)CC1.I. The molecule has 2 aliphatic heterocycles. The molecule has 2 amide bonds. The topological polar surface area (TPSA) is 80.3 Å². The summed E-state index contributed by atoms with van der Waals surface area (Å²) < 4.78 is 0. The Balaban J connectivity index is 0.00000320. The summed E-state index contributed by atoms with van der Waals surface area (Å²) in [4.78, 5) is 35.5. The average molecular weight is 534 g/mol. The Bertz CT molecular complexity index is 584. The van der Waals surface area contributed by atoms with Gasteiger partial charge in [0.05, 0.1) is 6.04 Å². The fraction of sp³-hybridized carbons (Fsp3) is 0.857. The number of amides is 2. The maximum Gasteiger partial charge on any atom is 0.239 e. The van der Waals surface area contributed by atoms with Crippen molar-refractivity contribution < 1.29 is 9.59 Å². The molecule has 1 atom stereocenters. The predicted molar refractivity (Wildman–Crippen MR) is 130 cm³/mol. The van der Waals surface area contributed by atoms with Crippen molar-refractivity contribution in [2.45, 2.75) is 51.5 Å². The molecule has 0 radical (unpaired) electrons. The molecule has 30 heavy (non-hydrogen) atoms. The summed E-state index contributed by atoms with van der Waals surface area (Å²) in [6.45, 7) is 8.87. The second-order valence-corrected chi connectivity index (χ2v) is 8.48. The van der Waals surface area contributed by atoms with Crippen molar-refractivity contribution in [1.82, 2.24) is 25.3 Å². The van der Waals surface area contributed by atoms with Crippen LogP contribution in [0.4, 0.5) is 0 Å².